The highest BCUT2D eigenvalue weighted by atomic mass is 15.1. The second-order valence-electron chi connectivity index (χ2n) is 9.39. The zero-order chi connectivity index (χ0) is 25.7. The quantitative estimate of drug-likeness (QED) is 0.323. The van der Waals surface area contributed by atoms with Gasteiger partial charge in [-0.25, -0.2) is 4.58 Å². The molecule has 0 spiro atoms. The molecule has 0 unspecified atom stereocenters. The van der Waals surface area contributed by atoms with Crippen LogP contribution in [0.1, 0.15) is 49.9 Å². The lowest BCUT2D eigenvalue weighted by atomic mass is 9.83. The molecule has 0 heterocycles. The van der Waals surface area contributed by atoms with Gasteiger partial charge in [-0.15, -0.1) is 0 Å². The smallest absolute Gasteiger partial charge is 0.207 e. The van der Waals surface area contributed by atoms with Gasteiger partial charge in [-0.1, -0.05) is 42.5 Å². The number of hydrogen-bond donors (Lipinski definition) is 0. The second kappa shape index (κ2) is 11.4. The van der Waals surface area contributed by atoms with E-state index in [-0.39, 0.29) is 0 Å². The molecule has 0 N–H and O–H groups in total. The molecule has 0 atom stereocenters. The molecule has 0 aromatic heterocycles. The number of rotatable bonds is 8. The average molecular weight is 479 g/mol. The normalized spacial score (nSPS) is 12.4. The Labute approximate surface area is 217 Å². The Morgan fingerprint density at radius 2 is 1.03 bits per heavy atom. The predicted octanol–water partition coefficient (Wildman–Crippen LogP) is 6.97. The molecule has 0 saturated heterocycles. The molecule has 4 rings (SSSR count). The van der Waals surface area contributed by atoms with E-state index in [2.05, 4.69) is 141 Å². The molecule has 0 bridgehead atoms. The van der Waals surface area contributed by atoms with Crippen molar-refractivity contribution in [3.05, 3.63) is 107 Å². The first kappa shape index (κ1) is 25.5. The van der Waals surface area contributed by atoms with Gasteiger partial charge in [-0.05, 0) is 91.9 Å². The van der Waals surface area contributed by atoms with Crippen molar-refractivity contribution >= 4 is 28.2 Å². The van der Waals surface area contributed by atoms with Crippen LogP contribution in [0.25, 0.3) is 11.1 Å². The Kier molecular flexibility index (Phi) is 8.10. The average Bonchev–Trinajstić information content (AvgIpc) is 2.92. The lowest BCUT2D eigenvalue weighted by Crippen LogP contribution is -2.21. The third kappa shape index (κ3) is 5.02. The zero-order valence-corrected chi connectivity index (χ0v) is 22.8. The van der Waals surface area contributed by atoms with E-state index in [1.807, 2.05) is 0 Å². The molecule has 0 radical (unpaired) electrons. The van der Waals surface area contributed by atoms with E-state index in [0.717, 1.165) is 26.2 Å². The van der Waals surface area contributed by atoms with Crippen molar-refractivity contribution in [1.82, 2.24) is 0 Å². The lowest BCUT2D eigenvalue weighted by molar-refractivity contribution is -0.463. The van der Waals surface area contributed by atoms with Gasteiger partial charge in [0.2, 0.25) is 5.71 Å². The predicted molar refractivity (Wildman–Crippen MR) is 158 cm³/mol. The maximum atomic E-state index is 2.39. The molecule has 36 heavy (non-hydrogen) atoms. The zero-order valence-electron chi connectivity index (χ0n) is 22.8. The monoisotopic (exact) mass is 478 g/mol. The molecule has 1 aliphatic carbocycles. The molecule has 3 nitrogen and oxygen atoms in total. The molecule has 0 aliphatic heterocycles. The van der Waals surface area contributed by atoms with Crippen molar-refractivity contribution in [2.75, 3.05) is 50.1 Å². The maximum Gasteiger partial charge on any atom is 0.207 e. The van der Waals surface area contributed by atoms with E-state index in [4.69, 9.17) is 0 Å². The summed E-state index contributed by atoms with van der Waals surface area (Å²) >= 11 is 0. The van der Waals surface area contributed by atoms with Crippen LogP contribution in [0.4, 0.5) is 11.4 Å². The van der Waals surface area contributed by atoms with Crippen molar-refractivity contribution < 1.29 is 4.58 Å². The van der Waals surface area contributed by atoms with E-state index in [1.54, 1.807) is 0 Å². The number of allylic oxidation sites excluding steroid dienone is 3. The summed E-state index contributed by atoms with van der Waals surface area (Å²) in [6.45, 7) is 12.9. The van der Waals surface area contributed by atoms with Gasteiger partial charge < -0.3 is 9.80 Å². The molecule has 3 heteroatoms. The molecule has 186 valence electrons. The van der Waals surface area contributed by atoms with Crippen LogP contribution in [0.2, 0.25) is 0 Å². The maximum absolute atomic E-state index is 2.39. The Bertz CT molecular complexity index is 1210. The van der Waals surface area contributed by atoms with Gasteiger partial charge >= 0.3 is 0 Å². The topological polar surface area (TPSA) is 9.49 Å². The minimum absolute atomic E-state index is 1.01. The van der Waals surface area contributed by atoms with Crippen LogP contribution in [0.5, 0.6) is 0 Å². The summed E-state index contributed by atoms with van der Waals surface area (Å²) in [5.41, 5.74) is 11.4. The summed E-state index contributed by atoms with van der Waals surface area (Å²) in [5.74, 6) is 0. The number of nitrogens with zero attached hydrogens (tertiary/aromatic N) is 3. The second-order valence-corrected chi connectivity index (χ2v) is 9.39. The van der Waals surface area contributed by atoms with Crippen LogP contribution in [0.15, 0.2) is 84.9 Å². The van der Waals surface area contributed by atoms with Crippen molar-refractivity contribution in [2.45, 2.75) is 27.7 Å². The third-order valence-corrected chi connectivity index (χ3v) is 7.22. The van der Waals surface area contributed by atoms with Crippen LogP contribution in [0, 0.1) is 0 Å². The highest BCUT2D eigenvalue weighted by molar-refractivity contribution is 6.17. The first-order chi connectivity index (χ1) is 17.5. The van der Waals surface area contributed by atoms with Gasteiger partial charge in [0.05, 0.1) is 5.56 Å². The molecular formula is C33H40N3+. The number of hydrogen-bond acceptors (Lipinski definition) is 2. The fraction of sp³-hybridized carbons (Fsp3) is 0.303. The van der Waals surface area contributed by atoms with E-state index in [1.165, 1.54) is 50.5 Å². The van der Waals surface area contributed by atoms with Crippen LogP contribution >= 0.6 is 0 Å². The van der Waals surface area contributed by atoms with Crippen LogP contribution in [-0.2, 0) is 0 Å². The molecule has 0 fully saturated rings. The molecule has 0 amide bonds. The standard InChI is InChI=1S/C33H40N3/c1-7-35(8-2)27-19-15-25(16-20-27)33(26-17-21-28(22-18-26)36(9-3)10-4)31-23-24-32(34(5)6)30-14-12-11-13-29(30)31/h11-24H,7-10H2,1-6H3/q+1. The Balaban J connectivity index is 1.93. The number of anilines is 2. The summed E-state index contributed by atoms with van der Waals surface area (Å²) in [6, 6.07) is 27.0. The molecular weight excluding hydrogens is 438 g/mol. The van der Waals surface area contributed by atoms with Gasteiger partial charge in [0, 0.05) is 43.6 Å². The molecule has 3 aromatic carbocycles. The van der Waals surface area contributed by atoms with E-state index < -0.39 is 0 Å². The first-order valence-corrected chi connectivity index (χ1v) is 13.3. The molecule has 1 aliphatic rings. The fourth-order valence-electron chi connectivity index (χ4n) is 5.22. The summed E-state index contributed by atoms with van der Waals surface area (Å²) in [5, 5.41) is 0. The number of benzene rings is 3. The minimum atomic E-state index is 1.01. The Hall–Kier alpha value is -3.59. The van der Waals surface area contributed by atoms with Gasteiger partial charge in [0.1, 0.15) is 14.1 Å². The summed E-state index contributed by atoms with van der Waals surface area (Å²) < 4.78 is 2.20. The largest absolute Gasteiger partial charge is 0.372 e. The summed E-state index contributed by atoms with van der Waals surface area (Å²) in [6.07, 6.45) is 4.55. The molecule has 0 saturated carbocycles. The van der Waals surface area contributed by atoms with Crippen LogP contribution < -0.4 is 9.80 Å². The Morgan fingerprint density at radius 3 is 1.44 bits per heavy atom. The first-order valence-electron chi connectivity index (χ1n) is 13.3. The summed E-state index contributed by atoms with van der Waals surface area (Å²) in [4.78, 5) is 4.78. The highest BCUT2D eigenvalue weighted by Gasteiger charge is 2.23. The lowest BCUT2D eigenvalue weighted by Gasteiger charge is -2.24. The highest BCUT2D eigenvalue weighted by Crippen LogP contribution is 2.38. The number of fused-ring (bicyclic) bond motifs is 1. The third-order valence-electron chi connectivity index (χ3n) is 7.22. The SMILES string of the molecule is CCN(CC)c1ccc(C(=C2C=CC(=[N+](C)C)c3ccccc32)c2ccc(N(CC)CC)cc2)cc1. The van der Waals surface area contributed by atoms with Gasteiger partial charge in [-0.2, -0.15) is 0 Å². The van der Waals surface area contributed by atoms with Gasteiger partial charge in [-0.3, -0.25) is 0 Å². The minimum Gasteiger partial charge on any atom is -0.372 e. The van der Waals surface area contributed by atoms with Gasteiger partial charge in [0.15, 0.2) is 0 Å². The fourth-order valence-corrected chi connectivity index (χ4v) is 5.22. The van der Waals surface area contributed by atoms with Crippen molar-refractivity contribution in [2.24, 2.45) is 0 Å². The van der Waals surface area contributed by atoms with Crippen LogP contribution in [-0.4, -0.2) is 50.6 Å². The van der Waals surface area contributed by atoms with Crippen molar-refractivity contribution in [3.63, 3.8) is 0 Å². The summed E-state index contributed by atoms with van der Waals surface area (Å²) in [7, 11) is 4.23. The Morgan fingerprint density at radius 1 is 0.583 bits per heavy atom. The van der Waals surface area contributed by atoms with Crippen molar-refractivity contribution in [3.8, 4) is 0 Å². The van der Waals surface area contributed by atoms with Gasteiger partial charge in [0.25, 0.3) is 0 Å². The molecule has 3 aromatic rings. The van der Waals surface area contributed by atoms with Crippen LogP contribution in [0.3, 0.4) is 0 Å². The van der Waals surface area contributed by atoms with E-state index in [9.17, 15) is 0 Å². The van der Waals surface area contributed by atoms with Crippen molar-refractivity contribution in [1.29, 1.82) is 0 Å². The van der Waals surface area contributed by atoms with E-state index >= 15 is 0 Å². The van der Waals surface area contributed by atoms with E-state index in [0.29, 0.717) is 0 Å².